The molecular formula is C17H16NO4-. The van der Waals surface area contributed by atoms with Crippen LogP contribution in [0.3, 0.4) is 0 Å². The lowest BCUT2D eigenvalue weighted by molar-refractivity contribution is -0.304. The van der Waals surface area contributed by atoms with Gasteiger partial charge < -0.3 is 20.0 Å². The van der Waals surface area contributed by atoms with Crippen molar-refractivity contribution in [1.29, 1.82) is 0 Å². The summed E-state index contributed by atoms with van der Waals surface area (Å²) in [5.41, 5.74) is 2.26. The van der Waals surface area contributed by atoms with Crippen LogP contribution in [0.4, 0.5) is 5.69 Å². The van der Waals surface area contributed by atoms with Crippen molar-refractivity contribution in [3.05, 3.63) is 59.7 Å². The fourth-order valence-corrected chi connectivity index (χ4v) is 1.92. The van der Waals surface area contributed by atoms with Crippen LogP contribution in [0.25, 0.3) is 0 Å². The van der Waals surface area contributed by atoms with E-state index in [1.54, 1.807) is 30.3 Å². The fraction of sp³-hybridized carbons (Fsp3) is 0.176. The van der Waals surface area contributed by atoms with Gasteiger partial charge in [-0.2, -0.15) is 0 Å². The maximum absolute atomic E-state index is 11.8. The number of carbonyl (C=O) groups excluding carboxylic acids is 2. The van der Waals surface area contributed by atoms with Gasteiger partial charge in [0, 0.05) is 18.1 Å². The molecule has 0 bridgehead atoms. The number of rotatable bonds is 6. The van der Waals surface area contributed by atoms with E-state index in [1.165, 1.54) is 0 Å². The van der Waals surface area contributed by atoms with Crippen LogP contribution in [0.5, 0.6) is 5.75 Å². The Bertz CT molecular complexity index is 665. The molecule has 1 N–H and O–H groups in total. The number of anilines is 1. The highest BCUT2D eigenvalue weighted by atomic mass is 16.5. The minimum atomic E-state index is -1.14. The monoisotopic (exact) mass is 298 g/mol. The summed E-state index contributed by atoms with van der Waals surface area (Å²) in [5.74, 6) is -0.781. The van der Waals surface area contributed by atoms with E-state index in [0.717, 1.165) is 5.56 Å². The molecule has 0 heterocycles. The topological polar surface area (TPSA) is 78.5 Å². The lowest BCUT2D eigenvalue weighted by Crippen LogP contribution is -2.24. The molecule has 2 aromatic rings. The first-order valence-electron chi connectivity index (χ1n) is 6.81. The molecule has 2 aromatic carbocycles. The summed E-state index contributed by atoms with van der Waals surface area (Å²) >= 11 is 0. The molecule has 114 valence electrons. The van der Waals surface area contributed by atoms with Crippen LogP contribution < -0.4 is 15.2 Å². The van der Waals surface area contributed by atoms with Crippen molar-refractivity contribution in [3.63, 3.8) is 0 Å². The third kappa shape index (κ3) is 4.94. The minimum Gasteiger partial charge on any atom is -0.550 e. The molecule has 22 heavy (non-hydrogen) atoms. The Morgan fingerprint density at radius 1 is 1.14 bits per heavy atom. The summed E-state index contributed by atoms with van der Waals surface area (Å²) in [7, 11) is 0. The van der Waals surface area contributed by atoms with Crippen molar-refractivity contribution in [1.82, 2.24) is 0 Å². The van der Waals surface area contributed by atoms with Crippen LogP contribution in [-0.2, 0) is 16.0 Å². The standard InChI is InChI=1S/C17H17NO4/c1-12-3-2-4-15(9-12)22-11-16(19)18-14-7-5-13(6-8-14)10-17(20)21/h2-9H,10-11H2,1H3,(H,18,19)(H,20,21)/p-1. The molecule has 0 aromatic heterocycles. The molecule has 0 saturated heterocycles. The summed E-state index contributed by atoms with van der Waals surface area (Å²) in [6, 6.07) is 14.0. The molecule has 5 nitrogen and oxygen atoms in total. The van der Waals surface area contributed by atoms with Gasteiger partial charge in [0.15, 0.2) is 6.61 Å². The van der Waals surface area contributed by atoms with Crippen molar-refractivity contribution >= 4 is 17.6 Å². The van der Waals surface area contributed by atoms with Gasteiger partial charge in [0.05, 0.1) is 0 Å². The number of amides is 1. The molecule has 0 spiro atoms. The second kappa shape index (κ2) is 7.26. The average molecular weight is 298 g/mol. The predicted molar refractivity (Wildman–Crippen MR) is 80.5 cm³/mol. The quantitative estimate of drug-likeness (QED) is 0.872. The summed E-state index contributed by atoms with van der Waals surface area (Å²) in [6.07, 6.45) is -0.148. The summed E-state index contributed by atoms with van der Waals surface area (Å²) in [5, 5.41) is 13.2. The van der Waals surface area contributed by atoms with E-state index in [1.807, 2.05) is 25.1 Å². The molecular weight excluding hydrogens is 282 g/mol. The summed E-state index contributed by atoms with van der Waals surface area (Å²) in [6.45, 7) is 1.85. The van der Waals surface area contributed by atoms with Crippen LogP contribution in [0.1, 0.15) is 11.1 Å². The normalized spacial score (nSPS) is 10.0. The van der Waals surface area contributed by atoms with Gasteiger partial charge in [-0.05, 0) is 42.3 Å². The molecule has 0 radical (unpaired) electrons. The smallest absolute Gasteiger partial charge is 0.262 e. The number of hydrogen-bond donors (Lipinski definition) is 1. The van der Waals surface area contributed by atoms with Crippen LogP contribution in [-0.4, -0.2) is 18.5 Å². The van der Waals surface area contributed by atoms with Gasteiger partial charge in [-0.15, -0.1) is 0 Å². The van der Waals surface area contributed by atoms with Crippen molar-refractivity contribution in [2.24, 2.45) is 0 Å². The molecule has 0 aliphatic rings. The lowest BCUT2D eigenvalue weighted by Gasteiger charge is -2.09. The number of carboxylic acid groups (broad SMARTS) is 1. The largest absolute Gasteiger partial charge is 0.550 e. The third-order valence-electron chi connectivity index (χ3n) is 2.95. The van der Waals surface area contributed by atoms with Gasteiger partial charge in [-0.3, -0.25) is 4.79 Å². The Labute approximate surface area is 128 Å². The van der Waals surface area contributed by atoms with Gasteiger partial charge >= 0.3 is 0 Å². The number of benzene rings is 2. The van der Waals surface area contributed by atoms with Gasteiger partial charge in [-0.1, -0.05) is 24.3 Å². The van der Waals surface area contributed by atoms with E-state index in [4.69, 9.17) is 4.74 Å². The Morgan fingerprint density at radius 2 is 1.86 bits per heavy atom. The van der Waals surface area contributed by atoms with Crippen LogP contribution in [0.2, 0.25) is 0 Å². The molecule has 0 fully saturated rings. The number of nitrogens with one attached hydrogen (secondary N) is 1. The van der Waals surface area contributed by atoms with E-state index in [9.17, 15) is 14.7 Å². The van der Waals surface area contributed by atoms with E-state index in [2.05, 4.69) is 5.32 Å². The van der Waals surface area contributed by atoms with Crippen LogP contribution in [0.15, 0.2) is 48.5 Å². The highest BCUT2D eigenvalue weighted by Gasteiger charge is 2.04. The first-order valence-corrected chi connectivity index (χ1v) is 6.81. The predicted octanol–water partition coefficient (Wildman–Crippen LogP) is 1.30. The molecule has 5 heteroatoms. The van der Waals surface area contributed by atoms with Gasteiger partial charge in [0.25, 0.3) is 5.91 Å². The van der Waals surface area contributed by atoms with Crippen LogP contribution >= 0.6 is 0 Å². The molecule has 1 amide bonds. The summed E-state index contributed by atoms with van der Waals surface area (Å²) in [4.78, 5) is 22.3. The second-order valence-electron chi connectivity index (χ2n) is 4.90. The third-order valence-corrected chi connectivity index (χ3v) is 2.95. The second-order valence-corrected chi connectivity index (χ2v) is 4.90. The van der Waals surface area contributed by atoms with Gasteiger partial charge in [0.1, 0.15) is 5.75 Å². The zero-order valence-corrected chi connectivity index (χ0v) is 12.2. The van der Waals surface area contributed by atoms with E-state index in [-0.39, 0.29) is 18.9 Å². The number of carboxylic acids is 1. The number of carbonyl (C=O) groups is 2. The highest BCUT2D eigenvalue weighted by molar-refractivity contribution is 5.91. The molecule has 2 rings (SSSR count). The molecule has 0 aliphatic carbocycles. The summed E-state index contributed by atoms with van der Waals surface area (Å²) < 4.78 is 5.40. The van der Waals surface area contributed by atoms with Crippen molar-refractivity contribution in [2.75, 3.05) is 11.9 Å². The first kappa shape index (κ1) is 15.6. The Balaban J connectivity index is 1.85. The Hall–Kier alpha value is -2.82. The zero-order valence-electron chi connectivity index (χ0n) is 12.2. The maximum Gasteiger partial charge on any atom is 0.262 e. The SMILES string of the molecule is Cc1cccc(OCC(=O)Nc2ccc(CC(=O)[O-])cc2)c1. The fourth-order valence-electron chi connectivity index (χ4n) is 1.92. The van der Waals surface area contributed by atoms with Crippen molar-refractivity contribution < 1.29 is 19.4 Å². The minimum absolute atomic E-state index is 0.0930. The highest BCUT2D eigenvalue weighted by Crippen LogP contribution is 2.13. The number of ether oxygens (including phenoxy) is 1. The average Bonchev–Trinajstić information content (AvgIpc) is 2.47. The lowest BCUT2D eigenvalue weighted by atomic mass is 10.1. The van der Waals surface area contributed by atoms with Crippen molar-refractivity contribution in [3.8, 4) is 5.75 Å². The maximum atomic E-state index is 11.8. The molecule has 0 saturated carbocycles. The van der Waals surface area contributed by atoms with Crippen LogP contribution in [0, 0.1) is 6.92 Å². The first-order chi connectivity index (χ1) is 10.5. The molecule has 0 aliphatic heterocycles. The molecule has 0 atom stereocenters. The zero-order chi connectivity index (χ0) is 15.9. The van der Waals surface area contributed by atoms with Crippen molar-refractivity contribution in [2.45, 2.75) is 13.3 Å². The Kier molecular flexibility index (Phi) is 5.14. The number of hydrogen-bond acceptors (Lipinski definition) is 4. The van der Waals surface area contributed by atoms with Gasteiger partial charge in [0.2, 0.25) is 0 Å². The van der Waals surface area contributed by atoms with Gasteiger partial charge in [-0.25, -0.2) is 0 Å². The number of aryl methyl sites for hydroxylation is 1. The Morgan fingerprint density at radius 3 is 2.50 bits per heavy atom. The molecule has 0 unspecified atom stereocenters. The van der Waals surface area contributed by atoms with E-state index < -0.39 is 5.97 Å². The van der Waals surface area contributed by atoms with E-state index in [0.29, 0.717) is 17.0 Å². The number of aliphatic carboxylic acids is 1. The van der Waals surface area contributed by atoms with E-state index >= 15 is 0 Å².